The molecule has 2 aromatic rings. The number of pyridine rings is 1. The van der Waals surface area contributed by atoms with Gasteiger partial charge in [-0.3, -0.25) is 4.79 Å². The summed E-state index contributed by atoms with van der Waals surface area (Å²) >= 11 is 0.916. The molecule has 0 aliphatic rings. The van der Waals surface area contributed by atoms with Gasteiger partial charge in [0.25, 0.3) is 0 Å². The Morgan fingerprint density at radius 2 is 1.87 bits per heavy atom. The van der Waals surface area contributed by atoms with Crippen molar-refractivity contribution in [3.8, 4) is 0 Å². The largest absolute Gasteiger partial charge is 0.417 e. The Morgan fingerprint density at radius 1 is 1.13 bits per heavy atom. The molecule has 9 heteroatoms. The summed E-state index contributed by atoms with van der Waals surface area (Å²) in [6, 6.07) is 4.90. The van der Waals surface area contributed by atoms with E-state index in [2.05, 4.69) is 10.3 Å². The molecule has 0 saturated heterocycles. The third-order valence-corrected chi connectivity index (χ3v) is 3.56. The summed E-state index contributed by atoms with van der Waals surface area (Å²) in [6.45, 7) is 0. The van der Waals surface area contributed by atoms with E-state index in [0.717, 1.165) is 36.0 Å². The molecule has 23 heavy (non-hydrogen) atoms. The van der Waals surface area contributed by atoms with Crippen molar-refractivity contribution in [2.45, 2.75) is 11.2 Å². The molecule has 1 aromatic heterocycles. The van der Waals surface area contributed by atoms with Crippen LogP contribution in [0.4, 0.5) is 27.6 Å². The van der Waals surface area contributed by atoms with E-state index in [0.29, 0.717) is 6.20 Å². The van der Waals surface area contributed by atoms with Gasteiger partial charge in [-0.05, 0) is 24.3 Å². The Morgan fingerprint density at radius 3 is 2.43 bits per heavy atom. The second-order valence-corrected chi connectivity index (χ2v) is 5.34. The number of nitrogens with one attached hydrogen (secondary N) is 1. The first-order valence-electron chi connectivity index (χ1n) is 6.16. The minimum absolute atomic E-state index is 0.0786. The van der Waals surface area contributed by atoms with Gasteiger partial charge < -0.3 is 5.32 Å². The van der Waals surface area contributed by atoms with Gasteiger partial charge in [0.15, 0.2) is 11.6 Å². The third kappa shape index (κ3) is 4.92. The summed E-state index contributed by atoms with van der Waals surface area (Å²) in [5.41, 5.74) is -0.803. The van der Waals surface area contributed by atoms with Gasteiger partial charge in [0.2, 0.25) is 5.91 Å². The van der Waals surface area contributed by atoms with Crippen molar-refractivity contribution < 1.29 is 26.7 Å². The first-order valence-corrected chi connectivity index (χ1v) is 7.15. The highest BCUT2D eigenvalue weighted by Gasteiger charge is 2.30. The Kier molecular flexibility index (Phi) is 5.19. The van der Waals surface area contributed by atoms with Crippen molar-refractivity contribution in [2.24, 2.45) is 0 Å². The number of thioether (sulfide) groups is 1. The first-order chi connectivity index (χ1) is 10.8. The fraction of sp³-hybridized carbons (Fsp3) is 0.143. The molecule has 0 atom stereocenters. The van der Waals surface area contributed by atoms with Crippen LogP contribution in [0.3, 0.4) is 0 Å². The van der Waals surface area contributed by atoms with Crippen molar-refractivity contribution in [3.05, 3.63) is 53.7 Å². The lowest BCUT2D eigenvalue weighted by Gasteiger charge is -2.07. The van der Waals surface area contributed by atoms with Crippen molar-refractivity contribution >= 4 is 23.4 Å². The van der Waals surface area contributed by atoms with E-state index < -0.39 is 29.3 Å². The van der Waals surface area contributed by atoms with Crippen LogP contribution in [-0.2, 0) is 11.0 Å². The molecular formula is C14H9F5N2OS. The number of carbonyl (C=O) groups is 1. The number of amides is 1. The molecular weight excluding hydrogens is 339 g/mol. The Balaban J connectivity index is 1.90. The average molecular weight is 348 g/mol. The quantitative estimate of drug-likeness (QED) is 0.668. The van der Waals surface area contributed by atoms with Gasteiger partial charge >= 0.3 is 6.18 Å². The van der Waals surface area contributed by atoms with Crippen LogP contribution in [-0.4, -0.2) is 16.6 Å². The molecule has 122 valence electrons. The zero-order chi connectivity index (χ0) is 17.0. The van der Waals surface area contributed by atoms with E-state index in [-0.39, 0.29) is 16.5 Å². The van der Waals surface area contributed by atoms with Crippen LogP contribution in [0.15, 0.2) is 41.6 Å². The Hall–Kier alpha value is -2.16. The van der Waals surface area contributed by atoms with Gasteiger partial charge in [0, 0.05) is 18.0 Å². The van der Waals surface area contributed by atoms with Gasteiger partial charge in [0.05, 0.1) is 16.3 Å². The summed E-state index contributed by atoms with van der Waals surface area (Å²) in [5.74, 6) is -2.80. The van der Waals surface area contributed by atoms with Crippen LogP contribution in [0.1, 0.15) is 5.56 Å². The molecule has 1 heterocycles. The molecule has 1 aromatic carbocycles. The summed E-state index contributed by atoms with van der Waals surface area (Å²) in [5, 5.41) is 2.58. The monoisotopic (exact) mass is 348 g/mol. The SMILES string of the molecule is O=C(CSc1ccc(C(F)(F)F)cn1)Nc1ccc(F)c(F)c1. The molecule has 1 N–H and O–H groups in total. The maximum Gasteiger partial charge on any atom is 0.417 e. The molecule has 2 rings (SSSR count). The second kappa shape index (κ2) is 6.95. The molecule has 0 radical (unpaired) electrons. The van der Waals surface area contributed by atoms with Crippen LogP contribution in [0, 0.1) is 11.6 Å². The smallest absolute Gasteiger partial charge is 0.325 e. The fourth-order valence-electron chi connectivity index (χ4n) is 1.54. The third-order valence-electron chi connectivity index (χ3n) is 2.62. The predicted molar refractivity (Wildman–Crippen MR) is 75.0 cm³/mol. The molecule has 0 spiro atoms. The lowest BCUT2D eigenvalue weighted by atomic mass is 10.3. The van der Waals surface area contributed by atoms with Gasteiger partial charge in [-0.1, -0.05) is 11.8 Å². The maximum absolute atomic E-state index is 13.0. The van der Waals surface area contributed by atoms with Gasteiger partial charge in [-0.15, -0.1) is 0 Å². The minimum Gasteiger partial charge on any atom is -0.325 e. The molecule has 1 amide bonds. The van der Waals surface area contributed by atoms with E-state index in [1.807, 2.05) is 0 Å². The van der Waals surface area contributed by atoms with Crippen LogP contribution >= 0.6 is 11.8 Å². The molecule has 0 aliphatic heterocycles. The number of alkyl halides is 3. The fourth-order valence-corrected chi connectivity index (χ4v) is 2.19. The molecule has 0 bridgehead atoms. The number of rotatable bonds is 4. The number of anilines is 1. The number of hydrogen-bond acceptors (Lipinski definition) is 3. The number of halogens is 5. The van der Waals surface area contributed by atoms with Crippen molar-refractivity contribution in [2.75, 3.05) is 11.1 Å². The van der Waals surface area contributed by atoms with Crippen molar-refractivity contribution in [1.29, 1.82) is 0 Å². The van der Waals surface area contributed by atoms with E-state index in [4.69, 9.17) is 0 Å². The number of benzene rings is 1. The maximum atomic E-state index is 13.0. The Labute approximate surface area is 131 Å². The van der Waals surface area contributed by atoms with Crippen LogP contribution in [0.2, 0.25) is 0 Å². The summed E-state index contributed by atoms with van der Waals surface area (Å²) in [6.07, 6.45) is -3.80. The normalized spacial score (nSPS) is 11.3. The van der Waals surface area contributed by atoms with E-state index >= 15 is 0 Å². The van der Waals surface area contributed by atoms with Gasteiger partial charge in [-0.2, -0.15) is 13.2 Å². The highest BCUT2D eigenvalue weighted by atomic mass is 32.2. The molecule has 0 fully saturated rings. The number of carbonyl (C=O) groups excluding carboxylic acids is 1. The standard InChI is InChI=1S/C14H9F5N2OS/c15-10-3-2-9(5-11(10)16)21-12(22)7-23-13-4-1-8(6-20-13)14(17,18)19/h1-6H,7H2,(H,21,22). The van der Waals surface area contributed by atoms with E-state index in [1.54, 1.807) is 0 Å². The van der Waals surface area contributed by atoms with E-state index in [1.165, 1.54) is 6.07 Å². The van der Waals surface area contributed by atoms with Crippen LogP contribution in [0.5, 0.6) is 0 Å². The van der Waals surface area contributed by atoms with Gasteiger partial charge in [-0.25, -0.2) is 13.8 Å². The summed E-state index contributed by atoms with van der Waals surface area (Å²) < 4.78 is 62.8. The summed E-state index contributed by atoms with van der Waals surface area (Å²) in [7, 11) is 0. The lowest BCUT2D eigenvalue weighted by molar-refractivity contribution is -0.137. The number of nitrogens with zero attached hydrogens (tertiary/aromatic N) is 1. The predicted octanol–water partition coefficient (Wildman–Crippen LogP) is 4.11. The zero-order valence-electron chi connectivity index (χ0n) is 11.3. The average Bonchev–Trinajstić information content (AvgIpc) is 2.48. The van der Waals surface area contributed by atoms with Crippen molar-refractivity contribution in [1.82, 2.24) is 4.98 Å². The van der Waals surface area contributed by atoms with Gasteiger partial charge in [0.1, 0.15) is 0 Å². The van der Waals surface area contributed by atoms with E-state index in [9.17, 15) is 26.7 Å². The van der Waals surface area contributed by atoms with Crippen molar-refractivity contribution in [3.63, 3.8) is 0 Å². The number of aromatic nitrogens is 1. The zero-order valence-corrected chi connectivity index (χ0v) is 12.1. The molecule has 0 saturated carbocycles. The van der Waals surface area contributed by atoms with Crippen LogP contribution in [0.25, 0.3) is 0 Å². The summed E-state index contributed by atoms with van der Waals surface area (Å²) in [4.78, 5) is 15.3. The molecule has 0 unspecified atom stereocenters. The topological polar surface area (TPSA) is 42.0 Å². The second-order valence-electron chi connectivity index (χ2n) is 4.35. The molecule has 3 nitrogen and oxygen atoms in total. The number of hydrogen-bond donors (Lipinski definition) is 1. The first kappa shape index (κ1) is 17.2. The Bertz CT molecular complexity index is 703. The van der Waals surface area contributed by atoms with Crippen LogP contribution < -0.4 is 5.32 Å². The molecule has 0 aliphatic carbocycles. The minimum atomic E-state index is -4.47. The highest BCUT2D eigenvalue weighted by Crippen LogP contribution is 2.29. The lowest BCUT2D eigenvalue weighted by Crippen LogP contribution is -2.14. The highest BCUT2D eigenvalue weighted by molar-refractivity contribution is 7.99.